The normalized spacial score (nSPS) is 10.1. The van der Waals surface area contributed by atoms with Gasteiger partial charge in [0, 0.05) is 18.2 Å². The van der Waals surface area contributed by atoms with Crippen LogP contribution in [0.1, 0.15) is 15.9 Å². The molecule has 0 spiro atoms. The number of nitrogens with zero attached hydrogens (tertiary/aromatic N) is 1. The first-order valence-electron chi connectivity index (χ1n) is 6.32. The van der Waals surface area contributed by atoms with Crippen LogP contribution in [0.4, 0.5) is 15.8 Å². The summed E-state index contributed by atoms with van der Waals surface area (Å²) in [6.07, 6.45) is 1.09. The van der Waals surface area contributed by atoms with Crippen molar-refractivity contribution in [2.24, 2.45) is 0 Å². The molecule has 0 heterocycles. The third-order valence-electron chi connectivity index (χ3n) is 2.97. The Morgan fingerprint density at radius 2 is 2.05 bits per heavy atom. The molecule has 0 saturated heterocycles. The van der Waals surface area contributed by atoms with Crippen LogP contribution in [0.5, 0.6) is 0 Å². The first-order valence-corrected chi connectivity index (χ1v) is 6.32. The third kappa shape index (κ3) is 3.85. The Bertz CT molecular complexity index is 674. The molecule has 2 aromatic rings. The van der Waals surface area contributed by atoms with E-state index in [-0.39, 0.29) is 17.1 Å². The Morgan fingerprint density at radius 1 is 1.24 bits per heavy atom. The van der Waals surface area contributed by atoms with Gasteiger partial charge in [0.05, 0.1) is 4.92 Å². The summed E-state index contributed by atoms with van der Waals surface area (Å²) in [5.74, 6) is -0.311. The highest BCUT2D eigenvalue weighted by molar-refractivity contribution is 5.79. The summed E-state index contributed by atoms with van der Waals surface area (Å²) in [7, 11) is 0. The smallest absolute Gasteiger partial charge is 0.293 e. The topological polar surface area (TPSA) is 72.2 Å². The van der Waals surface area contributed by atoms with E-state index >= 15 is 0 Å². The van der Waals surface area contributed by atoms with Gasteiger partial charge in [-0.1, -0.05) is 12.1 Å². The largest absolute Gasteiger partial charge is 0.379 e. The van der Waals surface area contributed by atoms with Gasteiger partial charge in [0.25, 0.3) is 5.69 Å². The fraction of sp³-hybridized carbons (Fsp3) is 0.133. The summed E-state index contributed by atoms with van der Waals surface area (Å²) in [5, 5.41) is 13.9. The van der Waals surface area contributed by atoms with Gasteiger partial charge in [-0.15, -0.1) is 0 Å². The average Bonchev–Trinajstić information content (AvgIpc) is 2.47. The second kappa shape index (κ2) is 6.60. The van der Waals surface area contributed by atoms with Crippen LogP contribution in [-0.2, 0) is 6.42 Å². The molecule has 1 N–H and O–H groups in total. The van der Waals surface area contributed by atoms with Gasteiger partial charge in [-0.25, -0.2) is 4.39 Å². The molecule has 0 aliphatic rings. The lowest BCUT2D eigenvalue weighted by Crippen LogP contribution is -2.07. The second-order valence-electron chi connectivity index (χ2n) is 4.46. The molecular weight excluding hydrogens is 275 g/mol. The highest BCUT2D eigenvalue weighted by atomic mass is 19.1. The van der Waals surface area contributed by atoms with Crippen molar-refractivity contribution >= 4 is 17.7 Å². The zero-order valence-corrected chi connectivity index (χ0v) is 11.1. The zero-order chi connectivity index (χ0) is 15.2. The first kappa shape index (κ1) is 14.6. The highest BCUT2D eigenvalue weighted by Gasteiger charge is 2.14. The number of nitro groups is 1. The molecule has 2 rings (SSSR count). The maximum Gasteiger partial charge on any atom is 0.293 e. The highest BCUT2D eigenvalue weighted by Crippen LogP contribution is 2.25. The van der Waals surface area contributed by atoms with Gasteiger partial charge in [-0.3, -0.25) is 14.9 Å². The van der Waals surface area contributed by atoms with Crippen molar-refractivity contribution in [1.82, 2.24) is 0 Å². The van der Waals surface area contributed by atoms with E-state index in [0.29, 0.717) is 24.9 Å². The van der Waals surface area contributed by atoms with Gasteiger partial charge in [-0.2, -0.15) is 0 Å². The van der Waals surface area contributed by atoms with Crippen LogP contribution in [0.15, 0.2) is 42.5 Å². The van der Waals surface area contributed by atoms with Crippen LogP contribution in [0.2, 0.25) is 0 Å². The monoisotopic (exact) mass is 288 g/mol. The lowest BCUT2D eigenvalue weighted by Gasteiger charge is -2.07. The van der Waals surface area contributed by atoms with Crippen LogP contribution < -0.4 is 5.32 Å². The molecule has 0 amide bonds. The molecule has 0 atom stereocenters. The van der Waals surface area contributed by atoms with Crippen LogP contribution in [0, 0.1) is 15.9 Å². The third-order valence-corrected chi connectivity index (χ3v) is 2.97. The maximum absolute atomic E-state index is 13.0. The average molecular weight is 288 g/mol. The minimum absolute atomic E-state index is 0.154. The fourth-order valence-corrected chi connectivity index (χ4v) is 1.96. The van der Waals surface area contributed by atoms with Crippen molar-refractivity contribution in [2.75, 3.05) is 11.9 Å². The number of hydrogen-bond acceptors (Lipinski definition) is 4. The Kier molecular flexibility index (Phi) is 4.61. The first-order chi connectivity index (χ1) is 10.1. The van der Waals surface area contributed by atoms with Gasteiger partial charge < -0.3 is 5.32 Å². The number of nitro benzene ring substituents is 1. The number of benzene rings is 2. The van der Waals surface area contributed by atoms with E-state index in [9.17, 15) is 19.3 Å². The van der Waals surface area contributed by atoms with Gasteiger partial charge in [0.15, 0.2) is 0 Å². The van der Waals surface area contributed by atoms with Crippen molar-refractivity contribution in [3.8, 4) is 0 Å². The molecule has 0 fully saturated rings. The van der Waals surface area contributed by atoms with Crippen molar-refractivity contribution < 1.29 is 14.1 Å². The van der Waals surface area contributed by atoms with Crippen LogP contribution in [-0.4, -0.2) is 17.8 Å². The van der Waals surface area contributed by atoms with E-state index in [4.69, 9.17) is 0 Å². The minimum Gasteiger partial charge on any atom is -0.379 e. The molecule has 0 saturated carbocycles. The molecule has 108 valence electrons. The van der Waals surface area contributed by atoms with Crippen LogP contribution >= 0.6 is 0 Å². The Labute approximate surface area is 120 Å². The Hall–Kier alpha value is -2.76. The van der Waals surface area contributed by atoms with E-state index in [1.54, 1.807) is 12.1 Å². The summed E-state index contributed by atoms with van der Waals surface area (Å²) in [4.78, 5) is 21.1. The number of hydrogen-bond donors (Lipinski definition) is 1. The number of anilines is 1. The quantitative estimate of drug-likeness (QED) is 0.503. The lowest BCUT2D eigenvalue weighted by molar-refractivity contribution is -0.384. The Balaban J connectivity index is 2.06. The standard InChI is InChI=1S/C15H13FN2O3/c16-13-3-1-2-11(8-13)6-7-17-14-5-4-12(10-19)9-15(14)18(20)21/h1-5,8-10,17H,6-7H2. The zero-order valence-electron chi connectivity index (χ0n) is 11.1. The van der Waals surface area contributed by atoms with Crippen molar-refractivity contribution in [3.05, 3.63) is 69.5 Å². The molecule has 0 unspecified atom stereocenters. The van der Waals surface area contributed by atoms with E-state index < -0.39 is 4.92 Å². The van der Waals surface area contributed by atoms with Crippen molar-refractivity contribution in [1.29, 1.82) is 0 Å². The number of halogens is 1. The maximum atomic E-state index is 13.0. The van der Waals surface area contributed by atoms with E-state index in [2.05, 4.69) is 5.32 Å². The number of rotatable bonds is 6. The van der Waals surface area contributed by atoms with Crippen molar-refractivity contribution in [2.45, 2.75) is 6.42 Å². The van der Waals surface area contributed by atoms with E-state index in [0.717, 1.165) is 5.56 Å². The van der Waals surface area contributed by atoms with E-state index in [1.807, 2.05) is 0 Å². The van der Waals surface area contributed by atoms with Gasteiger partial charge >= 0.3 is 0 Å². The van der Waals surface area contributed by atoms with Crippen LogP contribution in [0.3, 0.4) is 0 Å². The molecule has 6 heteroatoms. The number of carbonyl (C=O) groups excluding carboxylic acids is 1. The second-order valence-corrected chi connectivity index (χ2v) is 4.46. The summed E-state index contributed by atoms with van der Waals surface area (Å²) < 4.78 is 13.0. The summed E-state index contributed by atoms with van der Waals surface area (Å²) in [6, 6.07) is 10.4. The van der Waals surface area contributed by atoms with Gasteiger partial charge in [0.2, 0.25) is 0 Å². The number of carbonyl (C=O) groups is 1. The van der Waals surface area contributed by atoms with E-state index in [1.165, 1.54) is 30.3 Å². The minimum atomic E-state index is -0.544. The molecule has 0 aromatic heterocycles. The predicted octanol–water partition coefficient (Wildman–Crippen LogP) is 3.20. The molecule has 21 heavy (non-hydrogen) atoms. The Morgan fingerprint density at radius 3 is 2.71 bits per heavy atom. The summed E-state index contributed by atoms with van der Waals surface area (Å²) >= 11 is 0. The summed E-state index contributed by atoms with van der Waals surface area (Å²) in [5.41, 5.74) is 1.23. The molecule has 2 aromatic carbocycles. The SMILES string of the molecule is O=Cc1ccc(NCCc2cccc(F)c2)c([N+](=O)[O-])c1. The summed E-state index contributed by atoms with van der Waals surface area (Å²) in [6.45, 7) is 0.421. The molecule has 5 nitrogen and oxygen atoms in total. The predicted molar refractivity (Wildman–Crippen MR) is 77.1 cm³/mol. The molecule has 0 radical (unpaired) electrons. The number of nitrogens with one attached hydrogen (secondary N) is 1. The number of aldehydes is 1. The molecular formula is C15H13FN2O3. The van der Waals surface area contributed by atoms with Gasteiger partial charge in [0.1, 0.15) is 17.8 Å². The molecule has 0 bridgehead atoms. The molecule has 0 aliphatic heterocycles. The van der Waals surface area contributed by atoms with Crippen LogP contribution in [0.25, 0.3) is 0 Å². The van der Waals surface area contributed by atoms with Crippen molar-refractivity contribution in [3.63, 3.8) is 0 Å². The lowest BCUT2D eigenvalue weighted by atomic mass is 10.1. The fourth-order valence-electron chi connectivity index (χ4n) is 1.96. The van der Waals surface area contributed by atoms with Gasteiger partial charge in [-0.05, 0) is 36.2 Å². The molecule has 0 aliphatic carbocycles.